The predicted octanol–water partition coefficient (Wildman–Crippen LogP) is 3.76. The van der Waals surface area contributed by atoms with Gasteiger partial charge in [-0.15, -0.1) is 0 Å². The second kappa shape index (κ2) is 4.20. The minimum absolute atomic E-state index is 0.155. The highest BCUT2D eigenvalue weighted by molar-refractivity contribution is 5.53. The van der Waals surface area contributed by atoms with Gasteiger partial charge in [0.25, 0.3) is 0 Å². The number of aldehydes is 1. The fourth-order valence-electron chi connectivity index (χ4n) is 3.06. The average Bonchev–Trinajstić information content (AvgIpc) is 2.28. The largest absolute Gasteiger partial charge is 0.303 e. The van der Waals surface area contributed by atoms with Crippen molar-refractivity contribution in [1.82, 2.24) is 0 Å². The van der Waals surface area contributed by atoms with Crippen LogP contribution in [0.2, 0.25) is 0 Å². The summed E-state index contributed by atoms with van der Waals surface area (Å²) in [5.41, 5.74) is 2.01. The molecule has 0 aliphatic heterocycles. The lowest BCUT2D eigenvalue weighted by molar-refractivity contribution is -0.110. The molecule has 16 heavy (non-hydrogen) atoms. The van der Waals surface area contributed by atoms with Gasteiger partial charge in [-0.3, -0.25) is 0 Å². The van der Waals surface area contributed by atoms with E-state index in [1.54, 1.807) is 0 Å². The van der Waals surface area contributed by atoms with Gasteiger partial charge < -0.3 is 4.79 Å². The molecule has 2 bridgehead atoms. The van der Waals surface area contributed by atoms with Crippen molar-refractivity contribution in [2.24, 2.45) is 23.2 Å². The topological polar surface area (TPSA) is 17.1 Å². The van der Waals surface area contributed by atoms with Gasteiger partial charge in [-0.1, -0.05) is 39.0 Å². The molecule has 3 rings (SSSR count). The molecule has 0 aromatic carbocycles. The maximum atomic E-state index is 10.5. The van der Waals surface area contributed by atoms with E-state index in [2.05, 4.69) is 32.1 Å². The zero-order valence-electron chi connectivity index (χ0n) is 10.6. The molecule has 3 aliphatic carbocycles. The average molecular weight is 218 g/mol. The van der Waals surface area contributed by atoms with Gasteiger partial charge in [-0.2, -0.15) is 0 Å². The van der Waals surface area contributed by atoms with Gasteiger partial charge in [-0.25, -0.2) is 0 Å². The van der Waals surface area contributed by atoms with E-state index in [-0.39, 0.29) is 5.92 Å². The second-order valence-electron chi connectivity index (χ2n) is 6.00. The summed E-state index contributed by atoms with van der Waals surface area (Å²) in [5.74, 6) is 1.82. The van der Waals surface area contributed by atoms with Gasteiger partial charge in [0.05, 0.1) is 0 Å². The zero-order chi connectivity index (χ0) is 11.8. The Balaban J connectivity index is 1.96. The van der Waals surface area contributed by atoms with Gasteiger partial charge in [-0.05, 0) is 42.1 Å². The van der Waals surface area contributed by atoms with E-state index in [0.29, 0.717) is 5.41 Å². The molecule has 1 fully saturated rings. The summed E-state index contributed by atoms with van der Waals surface area (Å²) in [6.45, 7) is 6.75. The smallest absolute Gasteiger partial charge is 0.123 e. The molecule has 0 amide bonds. The van der Waals surface area contributed by atoms with E-state index in [1.165, 1.54) is 18.4 Å². The number of rotatable bonds is 4. The van der Waals surface area contributed by atoms with Crippen LogP contribution in [0.25, 0.3) is 0 Å². The molecule has 0 spiro atoms. The summed E-state index contributed by atoms with van der Waals surface area (Å²) >= 11 is 0. The molecule has 1 saturated carbocycles. The fraction of sp³-hybridized carbons (Fsp3) is 0.667. The molecular formula is C15H22O. The number of fused-ring (bicyclic) bond motifs is 1. The minimum Gasteiger partial charge on any atom is -0.303 e. The Kier molecular flexibility index (Phi) is 3.05. The van der Waals surface area contributed by atoms with Crippen LogP contribution in [0.15, 0.2) is 23.8 Å². The van der Waals surface area contributed by atoms with Crippen LogP contribution in [-0.4, -0.2) is 6.29 Å². The molecule has 88 valence electrons. The van der Waals surface area contributed by atoms with Crippen molar-refractivity contribution in [3.05, 3.63) is 23.8 Å². The van der Waals surface area contributed by atoms with E-state index in [1.807, 2.05) is 6.92 Å². The molecule has 0 saturated heterocycles. The van der Waals surface area contributed by atoms with Crippen LogP contribution in [0.3, 0.4) is 0 Å². The van der Waals surface area contributed by atoms with Gasteiger partial charge in [0.2, 0.25) is 0 Å². The molecule has 1 unspecified atom stereocenters. The molecule has 0 heterocycles. The Morgan fingerprint density at radius 3 is 2.88 bits per heavy atom. The third-order valence-electron chi connectivity index (χ3n) is 4.56. The van der Waals surface area contributed by atoms with E-state index in [9.17, 15) is 4.79 Å². The normalized spacial score (nSPS) is 33.1. The van der Waals surface area contributed by atoms with Crippen molar-refractivity contribution >= 4 is 6.29 Å². The van der Waals surface area contributed by atoms with Crippen molar-refractivity contribution in [1.29, 1.82) is 0 Å². The van der Waals surface area contributed by atoms with E-state index < -0.39 is 0 Å². The number of allylic oxidation sites excluding steroid dienone is 4. The summed E-state index contributed by atoms with van der Waals surface area (Å²) in [5, 5.41) is 0. The zero-order valence-corrected chi connectivity index (χ0v) is 10.6. The molecule has 0 aromatic rings. The van der Waals surface area contributed by atoms with Gasteiger partial charge in [0.1, 0.15) is 6.29 Å². The van der Waals surface area contributed by atoms with E-state index in [4.69, 9.17) is 0 Å². The van der Waals surface area contributed by atoms with Crippen LogP contribution >= 0.6 is 0 Å². The molecule has 1 nitrogen and oxygen atoms in total. The molecule has 3 atom stereocenters. The highest BCUT2D eigenvalue weighted by Gasteiger charge is 2.50. The molecule has 3 aliphatic rings. The second-order valence-corrected chi connectivity index (χ2v) is 6.00. The van der Waals surface area contributed by atoms with Crippen molar-refractivity contribution in [3.8, 4) is 0 Å². The minimum atomic E-state index is 0.155. The third-order valence-corrected chi connectivity index (χ3v) is 4.56. The number of hydrogen-bond acceptors (Lipinski definition) is 1. The van der Waals surface area contributed by atoms with Crippen LogP contribution in [0.4, 0.5) is 0 Å². The highest BCUT2D eigenvalue weighted by atomic mass is 16.1. The maximum Gasteiger partial charge on any atom is 0.123 e. The molecule has 0 N–H and O–H groups in total. The Labute approximate surface area is 98.6 Å². The fourth-order valence-corrected chi connectivity index (χ4v) is 3.06. The first-order valence-electron chi connectivity index (χ1n) is 6.37. The third kappa shape index (κ3) is 1.88. The van der Waals surface area contributed by atoms with Crippen LogP contribution in [-0.2, 0) is 4.79 Å². The van der Waals surface area contributed by atoms with E-state index in [0.717, 1.165) is 24.5 Å². The first-order chi connectivity index (χ1) is 7.55. The van der Waals surface area contributed by atoms with Crippen molar-refractivity contribution in [2.75, 3.05) is 0 Å². The summed E-state index contributed by atoms with van der Waals surface area (Å²) in [7, 11) is 0. The van der Waals surface area contributed by atoms with Crippen LogP contribution < -0.4 is 0 Å². The van der Waals surface area contributed by atoms with Gasteiger partial charge in [0.15, 0.2) is 0 Å². The van der Waals surface area contributed by atoms with Gasteiger partial charge >= 0.3 is 0 Å². The summed E-state index contributed by atoms with van der Waals surface area (Å²) in [4.78, 5) is 10.5. The molecular weight excluding hydrogens is 196 g/mol. The Bertz CT molecular complexity index is 335. The van der Waals surface area contributed by atoms with Crippen LogP contribution in [0.1, 0.15) is 40.0 Å². The Morgan fingerprint density at radius 1 is 1.56 bits per heavy atom. The number of carbonyl (C=O) groups is 1. The van der Waals surface area contributed by atoms with Gasteiger partial charge in [0, 0.05) is 5.92 Å². The van der Waals surface area contributed by atoms with Crippen molar-refractivity contribution in [2.45, 2.75) is 40.0 Å². The lowest BCUT2D eigenvalue weighted by Crippen LogP contribution is -2.47. The first-order valence-corrected chi connectivity index (χ1v) is 6.37. The number of carbonyl (C=O) groups excluding carboxylic acids is 1. The summed E-state index contributed by atoms with van der Waals surface area (Å²) in [6.07, 6.45) is 11.3. The Morgan fingerprint density at radius 2 is 2.31 bits per heavy atom. The molecule has 0 aromatic heterocycles. The lowest BCUT2D eigenvalue weighted by Gasteiger charge is -2.56. The van der Waals surface area contributed by atoms with E-state index >= 15 is 0 Å². The summed E-state index contributed by atoms with van der Waals surface area (Å²) in [6, 6.07) is 0. The van der Waals surface area contributed by atoms with Crippen LogP contribution in [0, 0.1) is 23.2 Å². The quantitative estimate of drug-likeness (QED) is 0.657. The number of hydrogen-bond donors (Lipinski definition) is 0. The Hall–Kier alpha value is -0.850. The monoisotopic (exact) mass is 218 g/mol. The van der Waals surface area contributed by atoms with Crippen molar-refractivity contribution < 1.29 is 4.79 Å². The predicted molar refractivity (Wildman–Crippen MR) is 67.1 cm³/mol. The highest BCUT2D eigenvalue weighted by Crippen LogP contribution is 2.59. The SMILES string of the molecule is CC(C=O)C/C=C\C1=CC[C@H]2C[C@@H]1C2(C)C. The standard InChI is InChI=1S/C15H22O/c1-11(10-16)5-4-6-12-7-8-13-9-14(12)15(13,2)3/h4,6-7,10-11,13-14H,5,8-9H2,1-3H3/b6-4-/t11?,13-,14-/m0/s1. The summed E-state index contributed by atoms with van der Waals surface area (Å²) < 4.78 is 0. The molecule has 0 radical (unpaired) electrons. The first kappa shape index (κ1) is 11.6. The van der Waals surface area contributed by atoms with Crippen LogP contribution in [0.5, 0.6) is 0 Å². The maximum absolute atomic E-state index is 10.5. The molecule has 1 heteroatoms. The van der Waals surface area contributed by atoms with Crippen molar-refractivity contribution in [3.63, 3.8) is 0 Å². The lowest BCUT2D eigenvalue weighted by atomic mass is 9.49.